The van der Waals surface area contributed by atoms with Crippen LogP contribution in [0, 0.1) is 0 Å². The van der Waals surface area contributed by atoms with Crippen LogP contribution in [0.3, 0.4) is 0 Å². The van der Waals surface area contributed by atoms with E-state index in [-0.39, 0.29) is 5.43 Å². The Balaban J connectivity index is 2.77. The van der Waals surface area contributed by atoms with E-state index >= 15 is 0 Å². The smallest absolute Gasteiger partial charge is 0.185 e. The van der Waals surface area contributed by atoms with Crippen molar-refractivity contribution >= 4 is 0 Å². The van der Waals surface area contributed by atoms with E-state index in [1.807, 2.05) is 13.8 Å². The Bertz CT molecular complexity index is 227. The topological polar surface area (TPSA) is 37.3 Å². The first-order valence-electron chi connectivity index (χ1n) is 3.63. The van der Waals surface area contributed by atoms with Crippen LogP contribution < -0.4 is 5.43 Å². The van der Waals surface area contributed by atoms with Crippen molar-refractivity contribution < 1.29 is 5.11 Å². The van der Waals surface area contributed by atoms with Gasteiger partial charge in [0.1, 0.15) is 0 Å². The van der Waals surface area contributed by atoms with E-state index in [0.717, 1.165) is 0 Å². The second kappa shape index (κ2) is 2.20. The lowest BCUT2D eigenvalue weighted by atomic mass is 9.95. The summed E-state index contributed by atoms with van der Waals surface area (Å²) < 4.78 is 0. The molecular formula is C8H12O2. The van der Waals surface area contributed by atoms with Crippen LogP contribution in [0.5, 0.6) is 0 Å². The normalized spacial score (nSPS) is 12.7. The van der Waals surface area contributed by atoms with E-state index in [0.29, 0.717) is 18.4 Å². The van der Waals surface area contributed by atoms with Crippen molar-refractivity contribution in [2.45, 2.75) is 32.3 Å². The monoisotopic (exact) mass is 140 g/mol. The number of rotatable bonds is 3. The average molecular weight is 140 g/mol. The molecule has 2 heteroatoms. The van der Waals surface area contributed by atoms with Crippen LogP contribution in [0.4, 0.5) is 0 Å². The highest BCUT2D eigenvalue weighted by Gasteiger charge is 2.32. The van der Waals surface area contributed by atoms with Crippen LogP contribution in [-0.2, 0) is 5.60 Å². The van der Waals surface area contributed by atoms with E-state index in [9.17, 15) is 9.90 Å². The van der Waals surface area contributed by atoms with Crippen molar-refractivity contribution in [3.63, 3.8) is 0 Å². The molecule has 0 fully saturated rings. The van der Waals surface area contributed by atoms with Gasteiger partial charge in [0.2, 0.25) is 0 Å². The molecule has 0 saturated heterocycles. The van der Waals surface area contributed by atoms with Gasteiger partial charge in [0, 0.05) is 5.56 Å². The Morgan fingerprint density at radius 1 is 1.50 bits per heavy atom. The highest BCUT2D eigenvalue weighted by molar-refractivity contribution is 5.30. The van der Waals surface area contributed by atoms with E-state index in [1.165, 1.54) is 6.07 Å². The zero-order valence-electron chi connectivity index (χ0n) is 6.35. The Hall–Kier alpha value is -0.630. The molecule has 2 nitrogen and oxygen atoms in total. The van der Waals surface area contributed by atoms with Crippen LogP contribution in [0.2, 0.25) is 0 Å². The minimum absolute atomic E-state index is 0.0196. The molecule has 56 valence electrons. The summed E-state index contributed by atoms with van der Waals surface area (Å²) in [5.41, 5.74) is -0.194. The maximum atomic E-state index is 10.6. The molecule has 0 spiro atoms. The predicted molar refractivity (Wildman–Crippen MR) is 39.6 cm³/mol. The van der Waals surface area contributed by atoms with Crippen molar-refractivity contribution in [1.82, 2.24) is 0 Å². The molecule has 0 aliphatic rings. The van der Waals surface area contributed by atoms with Gasteiger partial charge in [-0.25, -0.2) is 0 Å². The molecule has 0 heterocycles. The first kappa shape index (κ1) is 7.48. The van der Waals surface area contributed by atoms with Crippen LogP contribution in [0.1, 0.15) is 32.3 Å². The lowest BCUT2D eigenvalue weighted by Gasteiger charge is -2.19. The van der Waals surface area contributed by atoms with Crippen molar-refractivity contribution in [1.29, 1.82) is 0 Å². The molecule has 0 unspecified atom stereocenters. The lowest BCUT2D eigenvalue weighted by Crippen LogP contribution is -2.22. The average Bonchev–Trinajstić information content (AvgIpc) is 2.66. The number of hydrogen-bond acceptors (Lipinski definition) is 2. The molecule has 1 aromatic rings. The molecule has 1 N–H and O–H groups in total. The summed E-state index contributed by atoms with van der Waals surface area (Å²) in [6.07, 6.45) is 1.25. The summed E-state index contributed by atoms with van der Waals surface area (Å²) in [5, 5.41) is 9.65. The molecule has 1 rings (SSSR count). The van der Waals surface area contributed by atoms with Gasteiger partial charge in [-0.15, -0.1) is 0 Å². The Morgan fingerprint density at radius 2 is 1.90 bits per heavy atom. The highest BCUT2D eigenvalue weighted by Crippen LogP contribution is 2.27. The Morgan fingerprint density at radius 3 is 2.00 bits per heavy atom. The minimum Gasteiger partial charge on any atom is -0.385 e. The maximum absolute atomic E-state index is 10.6. The van der Waals surface area contributed by atoms with Crippen LogP contribution >= 0.6 is 0 Å². The van der Waals surface area contributed by atoms with Crippen molar-refractivity contribution in [2.75, 3.05) is 0 Å². The third-order valence-corrected chi connectivity index (χ3v) is 2.13. The van der Waals surface area contributed by atoms with Crippen LogP contribution in [-0.4, -0.2) is 5.11 Å². The third-order valence-electron chi connectivity index (χ3n) is 2.13. The van der Waals surface area contributed by atoms with Gasteiger partial charge in [-0.1, -0.05) is 13.8 Å². The van der Waals surface area contributed by atoms with E-state index in [1.54, 1.807) is 0 Å². The molecule has 0 atom stereocenters. The number of aliphatic hydroxyl groups is 1. The SMILES string of the molecule is CCC(O)(CC)c1cc1=O. The van der Waals surface area contributed by atoms with Gasteiger partial charge in [-0.3, -0.25) is 4.79 Å². The van der Waals surface area contributed by atoms with Gasteiger partial charge in [-0.2, -0.15) is 0 Å². The lowest BCUT2D eigenvalue weighted by molar-refractivity contribution is 0.0313. The van der Waals surface area contributed by atoms with E-state index in [4.69, 9.17) is 0 Å². The largest absolute Gasteiger partial charge is 0.385 e. The molecule has 1 aromatic carbocycles. The van der Waals surface area contributed by atoms with Gasteiger partial charge in [0.15, 0.2) is 5.43 Å². The maximum Gasteiger partial charge on any atom is 0.185 e. The van der Waals surface area contributed by atoms with E-state index < -0.39 is 5.60 Å². The Kier molecular flexibility index (Phi) is 1.65. The summed E-state index contributed by atoms with van der Waals surface area (Å²) in [7, 11) is 0. The summed E-state index contributed by atoms with van der Waals surface area (Å²) in [5.74, 6) is 0. The Labute approximate surface area is 60.2 Å². The minimum atomic E-state index is -0.822. The van der Waals surface area contributed by atoms with Gasteiger partial charge < -0.3 is 5.11 Å². The summed E-state index contributed by atoms with van der Waals surface area (Å²) >= 11 is 0. The summed E-state index contributed by atoms with van der Waals surface area (Å²) in [4.78, 5) is 10.6. The molecule has 0 aromatic heterocycles. The summed E-state index contributed by atoms with van der Waals surface area (Å²) in [6.45, 7) is 3.77. The quantitative estimate of drug-likeness (QED) is 0.678. The molecule has 0 radical (unpaired) electrons. The second-order valence-electron chi connectivity index (χ2n) is 2.66. The van der Waals surface area contributed by atoms with Gasteiger partial charge in [0.05, 0.1) is 5.60 Å². The second-order valence-corrected chi connectivity index (χ2v) is 2.66. The van der Waals surface area contributed by atoms with Crippen molar-refractivity contribution in [3.8, 4) is 0 Å². The predicted octanol–water partition coefficient (Wildman–Crippen LogP) is 0.930. The fraction of sp³-hybridized carbons (Fsp3) is 0.625. The zero-order valence-corrected chi connectivity index (χ0v) is 6.35. The third kappa shape index (κ3) is 0.991. The van der Waals surface area contributed by atoms with Crippen molar-refractivity contribution in [3.05, 3.63) is 21.9 Å². The van der Waals surface area contributed by atoms with Gasteiger partial charge in [0.25, 0.3) is 0 Å². The molecule has 0 saturated carbocycles. The van der Waals surface area contributed by atoms with Crippen LogP contribution in [0.25, 0.3) is 0 Å². The fourth-order valence-electron chi connectivity index (χ4n) is 1.09. The molecule has 10 heavy (non-hydrogen) atoms. The van der Waals surface area contributed by atoms with Crippen LogP contribution in [0.15, 0.2) is 10.9 Å². The van der Waals surface area contributed by atoms with Crippen molar-refractivity contribution in [2.24, 2.45) is 0 Å². The molecular weight excluding hydrogens is 128 g/mol. The molecule has 0 bridgehead atoms. The standard InChI is InChI=1S/C8H12O2/c1-3-8(10,4-2)6-5-7(6)9/h5,10H,3-4H2,1-2H3. The van der Waals surface area contributed by atoms with Gasteiger partial charge in [-0.05, 0) is 18.9 Å². The van der Waals surface area contributed by atoms with Gasteiger partial charge >= 0.3 is 0 Å². The summed E-state index contributed by atoms with van der Waals surface area (Å²) in [6, 6.07) is 1.51. The molecule has 0 amide bonds. The molecule has 0 aliphatic heterocycles. The zero-order chi connectivity index (χ0) is 7.78. The molecule has 0 aliphatic carbocycles. The fourth-order valence-corrected chi connectivity index (χ4v) is 1.09. The number of hydrogen-bond donors (Lipinski definition) is 1. The first-order valence-corrected chi connectivity index (χ1v) is 3.63. The van der Waals surface area contributed by atoms with E-state index in [2.05, 4.69) is 0 Å². The first-order chi connectivity index (χ1) is 4.64. The highest BCUT2D eigenvalue weighted by atomic mass is 16.3.